The van der Waals surface area contributed by atoms with Gasteiger partial charge in [0.25, 0.3) is 0 Å². The van der Waals surface area contributed by atoms with Crippen LogP contribution in [0.4, 0.5) is 0 Å². The minimum absolute atomic E-state index is 0.160. The van der Waals surface area contributed by atoms with Crippen molar-refractivity contribution in [2.24, 2.45) is 0 Å². The number of aromatic hydroxyl groups is 1. The van der Waals surface area contributed by atoms with Gasteiger partial charge in [-0.15, -0.1) is 0 Å². The van der Waals surface area contributed by atoms with Gasteiger partial charge in [0.1, 0.15) is 17.2 Å². The van der Waals surface area contributed by atoms with Crippen LogP contribution in [0.3, 0.4) is 0 Å². The first-order valence-corrected chi connectivity index (χ1v) is 11.7. The number of benzene rings is 5. The van der Waals surface area contributed by atoms with Gasteiger partial charge in [-0.3, -0.25) is 4.79 Å². The summed E-state index contributed by atoms with van der Waals surface area (Å²) in [5.74, 6) is -0.147. The number of methoxy groups -OCH3 is 1. The molecule has 0 heterocycles. The van der Waals surface area contributed by atoms with Crippen molar-refractivity contribution in [3.05, 3.63) is 114 Å². The van der Waals surface area contributed by atoms with Gasteiger partial charge < -0.3 is 19.3 Å². The first-order chi connectivity index (χ1) is 18.4. The summed E-state index contributed by atoms with van der Waals surface area (Å²) < 4.78 is 15.8. The number of rotatable bonds is 7. The lowest BCUT2D eigenvalue weighted by Gasteiger charge is -2.09. The molecule has 7 heteroatoms. The van der Waals surface area contributed by atoms with E-state index in [1.54, 1.807) is 97.1 Å². The first kappa shape index (κ1) is 24.5. The molecule has 0 saturated heterocycles. The molecule has 0 fully saturated rings. The summed E-state index contributed by atoms with van der Waals surface area (Å²) in [6.07, 6.45) is 0. The summed E-state index contributed by atoms with van der Waals surface area (Å²) in [6, 6.07) is 26.8. The molecule has 0 aliphatic rings. The highest BCUT2D eigenvalue weighted by Crippen LogP contribution is 2.25. The molecule has 0 aliphatic carbocycles. The monoisotopic (exact) mass is 506 g/mol. The first-order valence-electron chi connectivity index (χ1n) is 11.7. The van der Waals surface area contributed by atoms with E-state index in [1.807, 2.05) is 0 Å². The highest BCUT2D eigenvalue weighted by molar-refractivity contribution is 6.01. The molecule has 0 unspecified atom stereocenters. The van der Waals surface area contributed by atoms with Gasteiger partial charge in [-0.2, -0.15) is 0 Å². The lowest BCUT2D eigenvalue weighted by atomic mass is 10.0. The third-order valence-corrected chi connectivity index (χ3v) is 6.05. The summed E-state index contributed by atoms with van der Waals surface area (Å²) in [5.41, 5.74) is 1.27. The van der Waals surface area contributed by atoms with E-state index in [1.165, 1.54) is 7.11 Å². The highest BCUT2D eigenvalue weighted by Gasteiger charge is 2.12. The number of esters is 2. The molecular weight excluding hydrogens is 484 g/mol. The van der Waals surface area contributed by atoms with Crippen LogP contribution in [-0.2, 0) is 4.74 Å². The van der Waals surface area contributed by atoms with Crippen molar-refractivity contribution in [2.45, 2.75) is 0 Å². The van der Waals surface area contributed by atoms with Crippen molar-refractivity contribution in [3.8, 4) is 17.2 Å². The Balaban J connectivity index is 1.24. The van der Waals surface area contributed by atoms with Gasteiger partial charge in [-0.05, 0) is 88.3 Å². The Morgan fingerprint density at radius 1 is 0.605 bits per heavy atom. The molecule has 0 amide bonds. The van der Waals surface area contributed by atoms with Crippen LogP contribution in [0.25, 0.3) is 21.5 Å². The number of Topliss-reactive ketones (excluding diaryl/α,β-unsaturated/α-hetero) is 1. The second kappa shape index (κ2) is 10.4. The number of ketones is 1. The largest absolute Gasteiger partial charge is 0.508 e. The lowest BCUT2D eigenvalue weighted by molar-refractivity contribution is 0.0599. The summed E-state index contributed by atoms with van der Waals surface area (Å²) in [4.78, 5) is 36.9. The third kappa shape index (κ3) is 5.32. The molecule has 0 aliphatic heterocycles. The van der Waals surface area contributed by atoms with E-state index in [-0.39, 0.29) is 18.1 Å². The minimum Gasteiger partial charge on any atom is -0.508 e. The summed E-state index contributed by atoms with van der Waals surface area (Å²) in [7, 11) is 1.31. The van der Waals surface area contributed by atoms with Crippen molar-refractivity contribution in [1.29, 1.82) is 0 Å². The zero-order valence-electron chi connectivity index (χ0n) is 20.3. The molecule has 5 aromatic rings. The Kier molecular flexibility index (Phi) is 6.74. The van der Waals surface area contributed by atoms with E-state index in [0.29, 0.717) is 28.2 Å². The second-order valence-corrected chi connectivity index (χ2v) is 8.59. The molecule has 188 valence electrons. The van der Waals surface area contributed by atoms with E-state index in [2.05, 4.69) is 4.74 Å². The van der Waals surface area contributed by atoms with Gasteiger partial charge in [-0.1, -0.05) is 30.3 Å². The van der Waals surface area contributed by atoms with E-state index in [0.717, 1.165) is 21.5 Å². The molecule has 0 saturated carbocycles. The van der Waals surface area contributed by atoms with Crippen molar-refractivity contribution in [2.75, 3.05) is 13.7 Å². The number of hydrogen-bond donors (Lipinski definition) is 1. The molecule has 0 atom stereocenters. The van der Waals surface area contributed by atoms with Gasteiger partial charge >= 0.3 is 11.9 Å². The fraction of sp³-hybridized carbons (Fsp3) is 0.0645. The van der Waals surface area contributed by atoms with Crippen LogP contribution < -0.4 is 9.47 Å². The number of fused-ring (bicyclic) bond motifs is 2. The van der Waals surface area contributed by atoms with Gasteiger partial charge in [0.05, 0.1) is 18.2 Å². The fourth-order valence-corrected chi connectivity index (χ4v) is 4.02. The molecule has 0 bridgehead atoms. The van der Waals surface area contributed by atoms with Crippen LogP contribution in [-0.4, -0.2) is 36.5 Å². The van der Waals surface area contributed by atoms with Crippen LogP contribution in [0.15, 0.2) is 97.1 Å². The zero-order valence-corrected chi connectivity index (χ0v) is 20.3. The zero-order chi connectivity index (χ0) is 26.6. The van der Waals surface area contributed by atoms with Crippen LogP contribution in [0.5, 0.6) is 17.2 Å². The number of carbonyl (C=O) groups excluding carboxylic acids is 3. The molecule has 38 heavy (non-hydrogen) atoms. The SMILES string of the molecule is COC(=O)c1ccc(OCC(=O)c2ccc3cc(OC(=O)c4ccc5cc(O)ccc5c4)ccc3c2)cc1. The van der Waals surface area contributed by atoms with E-state index in [9.17, 15) is 19.5 Å². The molecule has 5 rings (SSSR count). The molecule has 1 N–H and O–H groups in total. The van der Waals surface area contributed by atoms with Gasteiger partial charge in [0.15, 0.2) is 12.4 Å². The van der Waals surface area contributed by atoms with E-state index >= 15 is 0 Å². The minimum atomic E-state index is -0.497. The number of phenols is 1. The Morgan fingerprint density at radius 2 is 1.16 bits per heavy atom. The molecule has 0 radical (unpaired) electrons. The maximum atomic E-state index is 12.7. The lowest BCUT2D eigenvalue weighted by Crippen LogP contribution is -2.11. The topological polar surface area (TPSA) is 99.1 Å². The molecular formula is C31H22O7. The number of hydrogen-bond acceptors (Lipinski definition) is 7. The number of carbonyl (C=O) groups is 3. The Hall–Kier alpha value is -5.17. The smallest absolute Gasteiger partial charge is 0.343 e. The number of phenolic OH excluding ortho intramolecular Hbond substituents is 1. The molecule has 0 spiro atoms. The Bertz CT molecular complexity index is 1690. The summed E-state index contributed by atoms with van der Waals surface area (Å²) in [6.45, 7) is -0.163. The maximum absolute atomic E-state index is 12.7. The Labute approximate surface area is 217 Å². The third-order valence-electron chi connectivity index (χ3n) is 6.05. The average Bonchev–Trinajstić information content (AvgIpc) is 2.95. The van der Waals surface area contributed by atoms with Crippen LogP contribution >= 0.6 is 0 Å². The van der Waals surface area contributed by atoms with Crippen molar-refractivity contribution < 1.29 is 33.7 Å². The van der Waals surface area contributed by atoms with Crippen molar-refractivity contribution >= 4 is 39.3 Å². The molecule has 0 aromatic heterocycles. The Morgan fingerprint density at radius 3 is 1.89 bits per heavy atom. The number of ether oxygens (including phenoxy) is 3. The van der Waals surface area contributed by atoms with Gasteiger partial charge in [-0.25, -0.2) is 9.59 Å². The normalized spacial score (nSPS) is 10.8. The average molecular weight is 507 g/mol. The molecule has 5 aromatic carbocycles. The van der Waals surface area contributed by atoms with Crippen molar-refractivity contribution in [1.82, 2.24) is 0 Å². The maximum Gasteiger partial charge on any atom is 0.343 e. The van der Waals surface area contributed by atoms with E-state index < -0.39 is 11.9 Å². The predicted molar refractivity (Wildman–Crippen MR) is 142 cm³/mol. The van der Waals surface area contributed by atoms with Crippen molar-refractivity contribution in [3.63, 3.8) is 0 Å². The second-order valence-electron chi connectivity index (χ2n) is 8.59. The van der Waals surface area contributed by atoms with Gasteiger partial charge in [0.2, 0.25) is 0 Å². The summed E-state index contributed by atoms with van der Waals surface area (Å²) in [5, 5.41) is 12.9. The molecule has 7 nitrogen and oxygen atoms in total. The fourth-order valence-electron chi connectivity index (χ4n) is 4.02. The van der Waals surface area contributed by atoms with E-state index in [4.69, 9.17) is 9.47 Å². The van der Waals surface area contributed by atoms with Crippen LogP contribution in [0, 0.1) is 0 Å². The summed E-state index contributed by atoms with van der Waals surface area (Å²) >= 11 is 0. The quantitative estimate of drug-likeness (QED) is 0.165. The van der Waals surface area contributed by atoms with Gasteiger partial charge in [0, 0.05) is 5.56 Å². The predicted octanol–water partition coefficient (Wildman–Crippen LogP) is 5.97. The van der Waals surface area contributed by atoms with Crippen LogP contribution in [0.1, 0.15) is 31.1 Å². The van der Waals surface area contributed by atoms with Crippen LogP contribution in [0.2, 0.25) is 0 Å². The standard InChI is InChI=1S/C31H22O7/c1-36-30(34)19-7-11-27(12-8-19)37-18-29(33)24-4-2-23-17-28(13-9-21(23)14-24)38-31(35)25-5-3-22-16-26(32)10-6-20(22)15-25/h2-17,32H,18H2,1H3. The highest BCUT2D eigenvalue weighted by atomic mass is 16.5.